The van der Waals surface area contributed by atoms with Crippen LogP contribution in [0.4, 0.5) is 0 Å². The van der Waals surface area contributed by atoms with E-state index >= 15 is 0 Å². The van der Waals surface area contributed by atoms with Crippen LogP contribution in [0, 0.1) is 0 Å². The van der Waals surface area contributed by atoms with Crippen molar-refractivity contribution in [3.8, 4) is 11.5 Å². The van der Waals surface area contributed by atoms with Gasteiger partial charge in [0.1, 0.15) is 6.61 Å². The van der Waals surface area contributed by atoms with Crippen molar-refractivity contribution in [3.05, 3.63) is 56.5 Å². The predicted octanol–water partition coefficient (Wildman–Crippen LogP) is 5.81. The first-order valence-corrected chi connectivity index (χ1v) is 11.0. The summed E-state index contributed by atoms with van der Waals surface area (Å²) in [5.74, 6) is 1.14. The van der Waals surface area contributed by atoms with Gasteiger partial charge in [-0.25, -0.2) is 0 Å². The van der Waals surface area contributed by atoms with Crippen molar-refractivity contribution < 1.29 is 9.47 Å². The summed E-state index contributed by atoms with van der Waals surface area (Å²) in [4.78, 5) is 2.53. The summed E-state index contributed by atoms with van der Waals surface area (Å²) >= 11 is 18.5. The van der Waals surface area contributed by atoms with Crippen LogP contribution in [0.3, 0.4) is 0 Å². The number of rotatable bonds is 9. The number of hydrogen-bond donors (Lipinski definition) is 1. The standard InChI is InChI=1S/C22H27Cl3N2O2/c1-3-27-8-4-5-17(27)13-26-12-16-10-20(25)22(21(11-16)28-2)29-14-15-6-7-18(23)19(24)9-15/h6-7,9-11,17,26H,3-5,8,12-14H2,1-2H3/t17-/m0/s1. The third-order valence-electron chi connectivity index (χ3n) is 5.27. The Morgan fingerprint density at radius 3 is 2.59 bits per heavy atom. The summed E-state index contributed by atoms with van der Waals surface area (Å²) in [6.07, 6.45) is 2.54. The molecular formula is C22H27Cl3N2O2. The smallest absolute Gasteiger partial charge is 0.180 e. The summed E-state index contributed by atoms with van der Waals surface area (Å²) in [7, 11) is 1.62. The second-order valence-corrected chi connectivity index (χ2v) is 8.42. The van der Waals surface area contributed by atoms with Gasteiger partial charge in [-0.1, -0.05) is 47.8 Å². The van der Waals surface area contributed by atoms with E-state index in [9.17, 15) is 0 Å². The zero-order valence-corrected chi connectivity index (χ0v) is 19.1. The maximum atomic E-state index is 6.50. The van der Waals surface area contributed by atoms with Crippen LogP contribution in [0.25, 0.3) is 0 Å². The fraction of sp³-hybridized carbons (Fsp3) is 0.455. The average molecular weight is 458 g/mol. The predicted molar refractivity (Wildman–Crippen MR) is 121 cm³/mol. The van der Waals surface area contributed by atoms with E-state index < -0.39 is 0 Å². The molecule has 1 fully saturated rings. The molecule has 0 bridgehead atoms. The molecule has 7 heteroatoms. The van der Waals surface area contributed by atoms with E-state index in [0.717, 1.165) is 30.8 Å². The van der Waals surface area contributed by atoms with Crippen LogP contribution in [-0.4, -0.2) is 37.7 Å². The monoisotopic (exact) mass is 456 g/mol. The van der Waals surface area contributed by atoms with Gasteiger partial charge in [0.2, 0.25) is 0 Å². The van der Waals surface area contributed by atoms with Gasteiger partial charge in [0.05, 0.1) is 22.2 Å². The van der Waals surface area contributed by atoms with Crippen LogP contribution in [0.1, 0.15) is 30.9 Å². The minimum atomic E-state index is 0.319. The fourth-order valence-corrected chi connectivity index (χ4v) is 4.33. The molecule has 0 amide bonds. The van der Waals surface area contributed by atoms with E-state index in [1.54, 1.807) is 19.2 Å². The lowest BCUT2D eigenvalue weighted by Crippen LogP contribution is -2.37. The number of hydrogen-bond acceptors (Lipinski definition) is 4. The van der Waals surface area contributed by atoms with Gasteiger partial charge < -0.3 is 14.8 Å². The van der Waals surface area contributed by atoms with Gasteiger partial charge in [-0.3, -0.25) is 4.90 Å². The molecule has 1 aliphatic heterocycles. The first kappa shape index (κ1) is 22.5. The molecule has 3 rings (SSSR count). The Labute approximate surface area is 188 Å². The molecule has 1 aliphatic rings. The summed E-state index contributed by atoms with van der Waals surface area (Å²) in [5.41, 5.74) is 1.97. The molecule has 1 atom stereocenters. The summed E-state index contributed by atoms with van der Waals surface area (Å²) in [6.45, 7) is 6.56. The first-order chi connectivity index (χ1) is 14.0. The van der Waals surface area contributed by atoms with E-state index in [1.807, 2.05) is 18.2 Å². The number of ether oxygens (including phenoxy) is 2. The van der Waals surface area contributed by atoms with Crippen molar-refractivity contribution in [2.75, 3.05) is 26.7 Å². The summed E-state index contributed by atoms with van der Waals surface area (Å²) in [6, 6.07) is 9.91. The molecule has 2 aromatic rings. The molecule has 4 nitrogen and oxygen atoms in total. The van der Waals surface area contributed by atoms with Crippen LogP contribution in [-0.2, 0) is 13.2 Å². The van der Waals surface area contributed by atoms with Crippen molar-refractivity contribution in [1.82, 2.24) is 10.2 Å². The van der Waals surface area contributed by atoms with E-state index in [0.29, 0.717) is 39.2 Å². The molecule has 1 heterocycles. The molecular weight excluding hydrogens is 431 g/mol. The zero-order valence-electron chi connectivity index (χ0n) is 16.8. The van der Waals surface area contributed by atoms with Crippen molar-refractivity contribution >= 4 is 34.8 Å². The molecule has 2 aromatic carbocycles. The molecule has 158 valence electrons. The molecule has 0 saturated carbocycles. The largest absolute Gasteiger partial charge is 0.493 e. The number of nitrogens with one attached hydrogen (secondary N) is 1. The lowest BCUT2D eigenvalue weighted by molar-refractivity contribution is 0.260. The minimum Gasteiger partial charge on any atom is -0.493 e. The van der Waals surface area contributed by atoms with Gasteiger partial charge in [0.15, 0.2) is 11.5 Å². The average Bonchev–Trinajstić information content (AvgIpc) is 3.17. The second kappa shape index (κ2) is 10.7. The summed E-state index contributed by atoms with van der Waals surface area (Å²) < 4.78 is 11.4. The van der Waals surface area contributed by atoms with E-state index in [2.05, 4.69) is 17.1 Å². The fourth-order valence-electron chi connectivity index (χ4n) is 3.73. The highest BCUT2D eigenvalue weighted by Gasteiger charge is 2.22. The lowest BCUT2D eigenvalue weighted by atomic mass is 10.1. The number of nitrogens with zero attached hydrogens (tertiary/aromatic N) is 1. The Hall–Kier alpha value is -1.17. The highest BCUT2D eigenvalue weighted by atomic mass is 35.5. The number of halogens is 3. The highest BCUT2D eigenvalue weighted by molar-refractivity contribution is 6.42. The molecule has 29 heavy (non-hydrogen) atoms. The number of likely N-dealkylation sites (N-methyl/N-ethyl adjacent to an activating group) is 1. The van der Waals surface area contributed by atoms with Gasteiger partial charge in [-0.15, -0.1) is 0 Å². The number of methoxy groups -OCH3 is 1. The van der Waals surface area contributed by atoms with E-state index in [4.69, 9.17) is 44.3 Å². The Kier molecular flexibility index (Phi) is 8.34. The van der Waals surface area contributed by atoms with Crippen molar-refractivity contribution in [3.63, 3.8) is 0 Å². The van der Waals surface area contributed by atoms with Crippen LogP contribution >= 0.6 is 34.8 Å². The third kappa shape index (κ3) is 5.93. The lowest BCUT2D eigenvalue weighted by Gasteiger charge is -2.23. The van der Waals surface area contributed by atoms with Crippen LogP contribution in [0.15, 0.2) is 30.3 Å². The maximum absolute atomic E-state index is 6.50. The van der Waals surface area contributed by atoms with Crippen molar-refractivity contribution in [2.45, 2.75) is 39.0 Å². The molecule has 1 N–H and O–H groups in total. The van der Waals surface area contributed by atoms with Gasteiger partial charge in [0, 0.05) is 19.1 Å². The van der Waals surface area contributed by atoms with E-state index in [1.165, 1.54) is 19.4 Å². The van der Waals surface area contributed by atoms with Gasteiger partial charge in [-0.2, -0.15) is 0 Å². The molecule has 1 saturated heterocycles. The Morgan fingerprint density at radius 1 is 1.07 bits per heavy atom. The zero-order chi connectivity index (χ0) is 20.8. The number of benzene rings is 2. The minimum absolute atomic E-state index is 0.319. The van der Waals surface area contributed by atoms with Crippen molar-refractivity contribution in [2.24, 2.45) is 0 Å². The number of likely N-dealkylation sites (tertiary alicyclic amines) is 1. The third-order valence-corrected chi connectivity index (χ3v) is 6.29. The Bertz CT molecular complexity index is 832. The molecule has 0 radical (unpaired) electrons. The molecule has 0 spiro atoms. The van der Waals surface area contributed by atoms with Gasteiger partial charge in [-0.05, 0) is 61.3 Å². The maximum Gasteiger partial charge on any atom is 0.180 e. The van der Waals surface area contributed by atoms with Crippen LogP contribution in [0.5, 0.6) is 11.5 Å². The van der Waals surface area contributed by atoms with Crippen LogP contribution < -0.4 is 14.8 Å². The normalized spacial score (nSPS) is 16.9. The Morgan fingerprint density at radius 2 is 1.86 bits per heavy atom. The topological polar surface area (TPSA) is 33.7 Å². The van der Waals surface area contributed by atoms with Gasteiger partial charge >= 0.3 is 0 Å². The quantitative estimate of drug-likeness (QED) is 0.515. The SMILES string of the molecule is CCN1CCC[C@H]1CNCc1cc(Cl)c(OCc2ccc(Cl)c(Cl)c2)c(OC)c1. The Balaban J connectivity index is 1.61. The van der Waals surface area contributed by atoms with Crippen molar-refractivity contribution in [1.29, 1.82) is 0 Å². The summed E-state index contributed by atoms with van der Waals surface area (Å²) in [5, 5.41) is 5.09. The molecule has 0 aromatic heterocycles. The molecule has 0 aliphatic carbocycles. The van der Waals surface area contributed by atoms with Crippen LogP contribution in [0.2, 0.25) is 15.1 Å². The first-order valence-electron chi connectivity index (χ1n) is 9.89. The highest BCUT2D eigenvalue weighted by Crippen LogP contribution is 2.37. The molecule has 0 unspecified atom stereocenters. The van der Waals surface area contributed by atoms with E-state index in [-0.39, 0.29) is 0 Å². The second-order valence-electron chi connectivity index (χ2n) is 7.20. The van der Waals surface area contributed by atoms with Gasteiger partial charge in [0.25, 0.3) is 0 Å².